The van der Waals surface area contributed by atoms with Crippen LogP contribution in [0.2, 0.25) is 0 Å². The first-order valence-corrected chi connectivity index (χ1v) is 22.8. The molecule has 3 saturated heterocycles. The molecular weight excluding hydrogens is 831 g/mol. The van der Waals surface area contributed by atoms with Crippen molar-refractivity contribution in [3.63, 3.8) is 0 Å². The second kappa shape index (κ2) is 20.5. The van der Waals surface area contributed by atoms with E-state index in [9.17, 15) is 19.6 Å². The highest BCUT2D eigenvalue weighted by Crippen LogP contribution is 2.35. The van der Waals surface area contributed by atoms with Gasteiger partial charge in [-0.2, -0.15) is 15.2 Å². The van der Waals surface area contributed by atoms with Gasteiger partial charge in [0.25, 0.3) is 5.91 Å². The predicted molar refractivity (Wildman–Crippen MR) is 241 cm³/mol. The average molecular weight is 888 g/mol. The molecule has 3 amide bonds. The van der Waals surface area contributed by atoms with Gasteiger partial charge in [0.1, 0.15) is 30.8 Å². The van der Waals surface area contributed by atoms with E-state index in [0.717, 1.165) is 61.7 Å². The molecule has 6 heterocycles. The summed E-state index contributed by atoms with van der Waals surface area (Å²) in [4.78, 5) is 55.4. The molecule has 342 valence electrons. The van der Waals surface area contributed by atoms with Crippen LogP contribution in [0.3, 0.4) is 0 Å². The van der Waals surface area contributed by atoms with Crippen LogP contribution in [-0.2, 0) is 43.3 Å². The van der Waals surface area contributed by atoms with Gasteiger partial charge in [-0.25, -0.2) is 0 Å². The minimum absolute atomic E-state index is 0.0515. The van der Waals surface area contributed by atoms with E-state index in [1.165, 1.54) is 21.4 Å². The summed E-state index contributed by atoms with van der Waals surface area (Å²) >= 11 is 0. The summed E-state index contributed by atoms with van der Waals surface area (Å²) < 4.78 is 30.0. The molecule has 5 aliphatic rings. The maximum absolute atomic E-state index is 12.9. The van der Waals surface area contributed by atoms with Crippen molar-refractivity contribution in [2.75, 3.05) is 95.8 Å². The molecule has 0 spiro atoms. The van der Waals surface area contributed by atoms with E-state index in [1.807, 2.05) is 6.07 Å². The number of rotatable bonds is 18. The number of amides is 3. The average Bonchev–Trinajstić information content (AvgIpc) is 3.85. The van der Waals surface area contributed by atoms with Crippen molar-refractivity contribution in [3.8, 4) is 17.8 Å². The minimum Gasteiger partial charge on any atom is -0.491 e. The van der Waals surface area contributed by atoms with E-state index >= 15 is 0 Å². The number of carbonyl (C=O) groups excluding carboxylic acids is 3. The molecule has 9 rings (SSSR count). The van der Waals surface area contributed by atoms with Gasteiger partial charge >= 0.3 is 6.01 Å². The molecule has 1 aromatic heterocycles. The molecule has 0 radical (unpaired) electrons. The summed E-state index contributed by atoms with van der Waals surface area (Å²) in [5.41, 5.74) is 4.68. The molecule has 4 aromatic rings. The first-order valence-electron chi connectivity index (χ1n) is 22.8. The van der Waals surface area contributed by atoms with Crippen LogP contribution >= 0.6 is 0 Å². The molecule has 0 bridgehead atoms. The van der Waals surface area contributed by atoms with Crippen molar-refractivity contribution in [2.24, 2.45) is 0 Å². The maximum Gasteiger partial charge on any atom is 0.318 e. The highest BCUT2D eigenvalue weighted by Gasteiger charge is 2.39. The van der Waals surface area contributed by atoms with Gasteiger partial charge in [0.2, 0.25) is 11.8 Å². The van der Waals surface area contributed by atoms with Crippen LogP contribution in [0.1, 0.15) is 52.9 Å². The summed E-state index contributed by atoms with van der Waals surface area (Å²) in [6.45, 7) is 7.79. The van der Waals surface area contributed by atoms with Crippen LogP contribution in [0.15, 0.2) is 60.7 Å². The fourth-order valence-corrected chi connectivity index (χ4v) is 9.64. The number of benzene rings is 3. The zero-order valence-corrected chi connectivity index (χ0v) is 36.9. The van der Waals surface area contributed by atoms with E-state index in [2.05, 4.69) is 80.9 Å². The lowest BCUT2D eigenvalue weighted by Gasteiger charge is -2.37. The summed E-state index contributed by atoms with van der Waals surface area (Å²) in [5, 5.41) is 17.7. The molecule has 2 N–H and O–H groups in total. The Bertz CT molecular complexity index is 2410. The zero-order chi connectivity index (χ0) is 44.7. The van der Waals surface area contributed by atoms with Crippen molar-refractivity contribution in [2.45, 2.75) is 69.4 Å². The molecule has 17 nitrogen and oxygen atoms in total. The predicted octanol–water partition coefficient (Wildman–Crippen LogP) is 3.23. The highest BCUT2D eigenvalue weighted by molar-refractivity contribution is 6.05. The van der Waals surface area contributed by atoms with Gasteiger partial charge in [0.15, 0.2) is 0 Å². The SMILES string of the molecule is CN1C[C@H](OCCOCCOCCOc2ccc3c(c2)CN(C2CCC(=O)NC2=O)C3=O)C[C@H]1COc1nc2c(c(N3CCN[C@@H](CC#N)C3)n1)CCN(c1cccc3ccccc13)C2. The number of ether oxygens (including phenoxy) is 5. The first kappa shape index (κ1) is 44.3. The van der Waals surface area contributed by atoms with Gasteiger partial charge in [-0.1, -0.05) is 36.4 Å². The number of fused-ring (bicyclic) bond motifs is 3. The van der Waals surface area contributed by atoms with E-state index in [4.69, 9.17) is 33.7 Å². The lowest BCUT2D eigenvalue weighted by atomic mass is 10.0. The maximum atomic E-state index is 12.9. The molecule has 65 heavy (non-hydrogen) atoms. The zero-order valence-electron chi connectivity index (χ0n) is 36.9. The molecule has 1 unspecified atom stereocenters. The summed E-state index contributed by atoms with van der Waals surface area (Å²) in [6.07, 6.45) is 2.67. The molecule has 5 aliphatic heterocycles. The number of likely N-dealkylation sites (N-methyl/N-ethyl adjacent to an activating group) is 1. The number of nitrogens with zero attached hydrogens (tertiary/aromatic N) is 7. The molecule has 3 fully saturated rings. The van der Waals surface area contributed by atoms with E-state index in [0.29, 0.717) is 96.0 Å². The normalized spacial score (nSPS) is 22.2. The molecule has 0 saturated carbocycles. The molecular formula is C48H57N9O8. The molecule has 4 atom stereocenters. The largest absolute Gasteiger partial charge is 0.491 e. The lowest BCUT2D eigenvalue weighted by molar-refractivity contribution is -0.136. The van der Waals surface area contributed by atoms with Crippen molar-refractivity contribution in [3.05, 3.63) is 83.0 Å². The van der Waals surface area contributed by atoms with Crippen LogP contribution in [0.4, 0.5) is 11.5 Å². The molecule has 0 aliphatic carbocycles. The Morgan fingerprint density at radius 1 is 0.862 bits per heavy atom. The quantitative estimate of drug-likeness (QED) is 0.110. The number of piperazine rings is 1. The van der Waals surface area contributed by atoms with Crippen LogP contribution in [0.5, 0.6) is 11.8 Å². The molecule has 17 heteroatoms. The Hall–Kier alpha value is -5.90. The topological polar surface area (TPSA) is 184 Å². The Morgan fingerprint density at radius 2 is 1.69 bits per heavy atom. The number of imide groups is 1. The third-order valence-electron chi connectivity index (χ3n) is 13.0. The number of piperidine rings is 1. The first-order chi connectivity index (χ1) is 31.8. The van der Waals surface area contributed by atoms with Crippen LogP contribution in [0.25, 0.3) is 10.8 Å². The number of carbonyl (C=O) groups is 3. The van der Waals surface area contributed by atoms with Gasteiger partial charge in [-0.05, 0) is 61.5 Å². The Morgan fingerprint density at radius 3 is 2.55 bits per heavy atom. The number of hydrogen-bond acceptors (Lipinski definition) is 15. The fourth-order valence-electron chi connectivity index (χ4n) is 9.64. The number of anilines is 2. The van der Waals surface area contributed by atoms with Gasteiger partial charge in [-0.15, -0.1) is 0 Å². The van der Waals surface area contributed by atoms with Crippen molar-refractivity contribution in [1.29, 1.82) is 5.26 Å². The van der Waals surface area contributed by atoms with Crippen LogP contribution in [0, 0.1) is 11.3 Å². The fraction of sp³-hybridized carbons (Fsp3) is 0.500. The van der Waals surface area contributed by atoms with Crippen LogP contribution < -0.4 is 29.9 Å². The Balaban J connectivity index is 0.701. The van der Waals surface area contributed by atoms with E-state index in [1.54, 1.807) is 12.1 Å². The van der Waals surface area contributed by atoms with Gasteiger partial charge in [0.05, 0.1) is 63.9 Å². The summed E-state index contributed by atoms with van der Waals surface area (Å²) in [6, 6.07) is 22.5. The number of nitrogens with one attached hydrogen (secondary N) is 2. The monoisotopic (exact) mass is 887 g/mol. The standard InChI is InChI=1S/C48H57N9O8/c1-54-29-37(64-24-22-62-20-19-61-21-23-63-36-9-10-39-33(25-36)27-57(47(39)60)43-11-12-44(58)52-46(43)59)26-35(54)31-65-48-51-41-30-55(42-8-4-6-32-5-2-3-7-38(32)42)17-14-40(41)45(53-48)56-18-16-50-34(28-56)13-15-49/h2-10,25,34-35,37,43,50H,11-14,16-24,26-31H2,1H3,(H,52,58,59)/t34-,35-,37+,43?/m0/s1. The second-order valence-electron chi connectivity index (χ2n) is 17.3. The van der Waals surface area contributed by atoms with Crippen molar-refractivity contribution in [1.82, 2.24) is 30.4 Å². The number of hydrogen-bond donors (Lipinski definition) is 2. The third-order valence-corrected chi connectivity index (χ3v) is 13.0. The number of nitriles is 1. The molecule has 3 aromatic carbocycles. The van der Waals surface area contributed by atoms with Crippen molar-refractivity contribution >= 4 is 40.0 Å². The van der Waals surface area contributed by atoms with Crippen molar-refractivity contribution < 1.29 is 38.1 Å². The highest BCUT2D eigenvalue weighted by atomic mass is 16.6. The van der Waals surface area contributed by atoms with Gasteiger partial charge in [-0.3, -0.25) is 24.6 Å². The number of aromatic nitrogens is 2. The lowest BCUT2D eigenvalue weighted by Crippen LogP contribution is -2.52. The summed E-state index contributed by atoms with van der Waals surface area (Å²) in [7, 11) is 2.09. The minimum atomic E-state index is -0.649. The van der Waals surface area contributed by atoms with E-state index in [-0.39, 0.29) is 36.4 Å². The Labute approximate surface area is 378 Å². The second-order valence-corrected chi connectivity index (χ2v) is 17.3. The summed E-state index contributed by atoms with van der Waals surface area (Å²) in [5.74, 6) is 0.590. The number of likely N-dealkylation sites (tertiary alicyclic amines) is 1. The van der Waals surface area contributed by atoms with Crippen LogP contribution in [-0.4, -0.2) is 148 Å². The Kier molecular flexibility index (Phi) is 14.0. The smallest absolute Gasteiger partial charge is 0.318 e. The third kappa shape index (κ3) is 10.3. The van der Waals surface area contributed by atoms with Gasteiger partial charge in [0, 0.05) is 80.0 Å². The van der Waals surface area contributed by atoms with E-state index < -0.39 is 11.9 Å². The van der Waals surface area contributed by atoms with Gasteiger partial charge < -0.3 is 43.7 Å².